The zero-order valence-electron chi connectivity index (χ0n) is 13.3. The SMILES string of the molecule is CCCC(C)CC(NC)C(C)(CC)N1CCCC1. The molecule has 3 atom stereocenters. The molecule has 1 heterocycles. The second-order valence-corrected chi connectivity index (χ2v) is 6.38. The predicted molar refractivity (Wildman–Crippen MR) is 81.0 cm³/mol. The molecule has 0 aromatic heterocycles. The number of rotatable bonds is 8. The lowest BCUT2D eigenvalue weighted by Crippen LogP contribution is -2.58. The first-order valence-corrected chi connectivity index (χ1v) is 8.00. The molecule has 0 amide bonds. The van der Waals surface area contributed by atoms with Gasteiger partial charge in [-0.2, -0.15) is 0 Å². The van der Waals surface area contributed by atoms with Gasteiger partial charge in [-0.1, -0.05) is 33.6 Å². The van der Waals surface area contributed by atoms with Crippen molar-refractivity contribution in [2.45, 2.75) is 77.8 Å². The second-order valence-electron chi connectivity index (χ2n) is 6.38. The lowest BCUT2D eigenvalue weighted by atomic mass is 9.81. The summed E-state index contributed by atoms with van der Waals surface area (Å²) in [5.41, 5.74) is 0.341. The van der Waals surface area contributed by atoms with E-state index in [9.17, 15) is 0 Å². The highest BCUT2D eigenvalue weighted by atomic mass is 15.2. The van der Waals surface area contributed by atoms with Crippen molar-refractivity contribution in [3.63, 3.8) is 0 Å². The van der Waals surface area contributed by atoms with Gasteiger partial charge in [0.15, 0.2) is 0 Å². The molecule has 0 bridgehead atoms. The topological polar surface area (TPSA) is 15.3 Å². The monoisotopic (exact) mass is 254 g/mol. The molecular formula is C16H34N2. The van der Waals surface area contributed by atoms with E-state index in [1.165, 1.54) is 51.6 Å². The van der Waals surface area contributed by atoms with E-state index in [1.807, 2.05) is 0 Å². The van der Waals surface area contributed by atoms with Crippen molar-refractivity contribution in [3.05, 3.63) is 0 Å². The van der Waals surface area contributed by atoms with Crippen LogP contribution in [0.5, 0.6) is 0 Å². The summed E-state index contributed by atoms with van der Waals surface area (Å²) in [5.74, 6) is 0.834. The maximum absolute atomic E-state index is 3.62. The highest BCUT2D eigenvalue weighted by Gasteiger charge is 2.38. The summed E-state index contributed by atoms with van der Waals surface area (Å²) in [4.78, 5) is 2.73. The third-order valence-electron chi connectivity index (χ3n) is 5.06. The first kappa shape index (κ1) is 16.0. The largest absolute Gasteiger partial charge is 0.315 e. The smallest absolute Gasteiger partial charge is 0.0331 e. The van der Waals surface area contributed by atoms with E-state index in [0.717, 1.165) is 5.92 Å². The fraction of sp³-hybridized carbons (Fsp3) is 1.00. The lowest BCUT2D eigenvalue weighted by Gasteiger charge is -2.45. The van der Waals surface area contributed by atoms with Crippen LogP contribution in [0.1, 0.15) is 66.2 Å². The Bertz CT molecular complexity index is 223. The van der Waals surface area contributed by atoms with E-state index in [4.69, 9.17) is 0 Å². The Morgan fingerprint density at radius 3 is 2.28 bits per heavy atom. The van der Waals surface area contributed by atoms with E-state index in [2.05, 4.69) is 45.0 Å². The summed E-state index contributed by atoms with van der Waals surface area (Å²) in [5, 5.41) is 3.62. The van der Waals surface area contributed by atoms with Gasteiger partial charge in [-0.3, -0.25) is 4.90 Å². The third-order valence-corrected chi connectivity index (χ3v) is 5.06. The number of likely N-dealkylation sites (tertiary alicyclic amines) is 1. The summed E-state index contributed by atoms with van der Waals surface area (Å²) in [6.45, 7) is 12.1. The van der Waals surface area contributed by atoms with Crippen LogP contribution in [0, 0.1) is 5.92 Å². The minimum atomic E-state index is 0.341. The van der Waals surface area contributed by atoms with Crippen LogP contribution in [0.4, 0.5) is 0 Å². The molecule has 0 radical (unpaired) electrons. The van der Waals surface area contributed by atoms with Gasteiger partial charge < -0.3 is 5.32 Å². The van der Waals surface area contributed by atoms with E-state index in [1.54, 1.807) is 0 Å². The zero-order chi connectivity index (χ0) is 13.6. The van der Waals surface area contributed by atoms with E-state index in [0.29, 0.717) is 11.6 Å². The molecule has 1 aliphatic rings. The second kappa shape index (κ2) is 7.49. The quantitative estimate of drug-likeness (QED) is 0.711. The van der Waals surface area contributed by atoms with Gasteiger partial charge in [-0.05, 0) is 58.7 Å². The highest BCUT2D eigenvalue weighted by molar-refractivity contribution is 4.97. The third kappa shape index (κ3) is 3.71. The predicted octanol–water partition coefficient (Wildman–Crippen LogP) is 3.67. The maximum atomic E-state index is 3.62. The van der Waals surface area contributed by atoms with Gasteiger partial charge >= 0.3 is 0 Å². The average Bonchev–Trinajstić information content (AvgIpc) is 2.89. The molecule has 1 N–H and O–H groups in total. The highest BCUT2D eigenvalue weighted by Crippen LogP contribution is 2.31. The van der Waals surface area contributed by atoms with E-state index < -0.39 is 0 Å². The van der Waals surface area contributed by atoms with Crippen molar-refractivity contribution in [2.24, 2.45) is 5.92 Å². The Balaban J connectivity index is 2.68. The molecule has 0 saturated carbocycles. The fourth-order valence-electron chi connectivity index (χ4n) is 3.61. The molecule has 3 unspecified atom stereocenters. The van der Waals surface area contributed by atoms with Crippen molar-refractivity contribution in [1.82, 2.24) is 10.2 Å². The number of nitrogens with zero attached hydrogens (tertiary/aromatic N) is 1. The van der Waals surface area contributed by atoms with Crippen LogP contribution in [-0.4, -0.2) is 36.6 Å². The normalized spacial score (nSPS) is 23.8. The first-order chi connectivity index (χ1) is 8.58. The summed E-state index contributed by atoms with van der Waals surface area (Å²) < 4.78 is 0. The van der Waals surface area contributed by atoms with Crippen LogP contribution in [0.3, 0.4) is 0 Å². The van der Waals surface area contributed by atoms with E-state index >= 15 is 0 Å². The minimum Gasteiger partial charge on any atom is -0.315 e. The Hall–Kier alpha value is -0.0800. The van der Waals surface area contributed by atoms with Gasteiger partial charge in [0.05, 0.1) is 0 Å². The minimum absolute atomic E-state index is 0.341. The summed E-state index contributed by atoms with van der Waals surface area (Å²) >= 11 is 0. The summed E-state index contributed by atoms with van der Waals surface area (Å²) in [7, 11) is 2.15. The van der Waals surface area contributed by atoms with Crippen molar-refractivity contribution < 1.29 is 0 Å². The lowest BCUT2D eigenvalue weighted by molar-refractivity contribution is 0.0764. The van der Waals surface area contributed by atoms with Gasteiger partial charge in [0.1, 0.15) is 0 Å². The average molecular weight is 254 g/mol. The van der Waals surface area contributed by atoms with Crippen LogP contribution >= 0.6 is 0 Å². The molecule has 0 aliphatic carbocycles. The van der Waals surface area contributed by atoms with Gasteiger partial charge in [-0.15, -0.1) is 0 Å². The molecule has 0 aromatic rings. The van der Waals surface area contributed by atoms with Crippen LogP contribution < -0.4 is 5.32 Å². The molecule has 108 valence electrons. The molecule has 18 heavy (non-hydrogen) atoms. The number of hydrogen-bond donors (Lipinski definition) is 1. The molecule has 1 aliphatic heterocycles. The van der Waals surface area contributed by atoms with Crippen molar-refractivity contribution in [3.8, 4) is 0 Å². The van der Waals surface area contributed by atoms with Crippen LogP contribution in [0.2, 0.25) is 0 Å². The standard InChI is InChI=1S/C16H34N2/c1-6-10-14(3)13-15(17-5)16(4,7-2)18-11-8-9-12-18/h14-15,17H,6-13H2,1-5H3. The Morgan fingerprint density at radius 1 is 1.22 bits per heavy atom. The Labute approximate surface area is 115 Å². The maximum Gasteiger partial charge on any atom is 0.0331 e. The Kier molecular flexibility index (Phi) is 6.65. The van der Waals surface area contributed by atoms with Gasteiger partial charge in [0.2, 0.25) is 0 Å². The molecule has 1 saturated heterocycles. The van der Waals surface area contributed by atoms with Crippen molar-refractivity contribution >= 4 is 0 Å². The summed E-state index contributed by atoms with van der Waals surface area (Å²) in [6.07, 6.45) is 8.00. The van der Waals surface area contributed by atoms with Crippen LogP contribution in [0.15, 0.2) is 0 Å². The summed E-state index contributed by atoms with van der Waals surface area (Å²) in [6, 6.07) is 0.627. The van der Waals surface area contributed by atoms with Gasteiger partial charge in [0, 0.05) is 11.6 Å². The Morgan fingerprint density at radius 2 is 1.83 bits per heavy atom. The molecule has 1 rings (SSSR count). The van der Waals surface area contributed by atoms with Crippen LogP contribution in [0.25, 0.3) is 0 Å². The fourth-order valence-corrected chi connectivity index (χ4v) is 3.61. The van der Waals surface area contributed by atoms with Crippen LogP contribution in [-0.2, 0) is 0 Å². The molecule has 2 heteroatoms. The number of hydrogen-bond acceptors (Lipinski definition) is 2. The first-order valence-electron chi connectivity index (χ1n) is 8.00. The van der Waals surface area contributed by atoms with E-state index in [-0.39, 0.29) is 0 Å². The number of likely N-dealkylation sites (N-methyl/N-ethyl adjacent to an activating group) is 1. The van der Waals surface area contributed by atoms with Crippen molar-refractivity contribution in [1.29, 1.82) is 0 Å². The molecule has 2 nitrogen and oxygen atoms in total. The molecule has 1 fully saturated rings. The van der Waals surface area contributed by atoms with Gasteiger partial charge in [-0.25, -0.2) is 0 Å². The van der Waals surface area contributed by atoms with Crippen molar-refractivity contribution in [2.75, 3.05) is 20.1 Å². The number of nitrogens with one attached hydrogen (secondary N) is 1. The zero-order valence-corrected chi connectivity index (χ0v) is 13.3. The molecule has 0 aromatic carbocycles. The molecular weight excluding hydrogens is 220 g/mol. The molecule has 0 spiro atoms. The van der Waals surface area contributed by atoms with Gasteiger partial charge in [0.25, 0.3) is 0 Å².